The van der Waals surface area contributed by atoms with Crippen LogP contribution in [0.1, 0.15) is 23.6 Å². The first-order chi connectivity index (χ1) is 12.7. The van der Waals surface area contributed by atoms with Crippen LogP contribution in [0.5, 0.6) is 11.5 Å². The predicted octanol–water partition coefficient (Wildman–Crippen LogP) is 5.58. The summed E-state index contributed by atoms with van der Waals surface area (Å²) in [5.74, 6) is 1.56. The Balaban J connectivity index is 1.66. The highest BCUT2D eigenvalue weighted by Crippen LogP contribution is 2.29. The number of nitrogens with one attached hydrogen (secondary N) is 1. The number of aryl methyl sites for hydroxylation is 1. The Kier molecular flexibility index (Phi) is 6.15. The van der Waals surface area contributed by atoms with Crippen LogP contribution in [0.4, 0.5) is 5.69 Å². The molecule has 0 fully saturated rings. The second-order valence-corrected chi connectivity index (χ2v) is 6.21. The molecule has 3 nitrogen and oxygen atoms in total. The Morgan fingerprint density at radius 3 is 2.23 bits per heavy atom. The average Bonchev–Trinajstić information content (AvgIpc) is 2.68. The summed E-state index contributed by atoms with van der Waals surface area (Å²) in [6, 6.07) is 24.7. The number of para-hydroxylation sites is 1. The van der Waals surface area contributed by atoms with E-state index in [1.54, 1.807) is 0 Å². The number of anilines is 1. The molecule has 0 unspecified atom stereocenters. The van der Waals surface area contributed by atoms with Crippen molar-refractivity contribution in [1.29, 1.82) is 0 Å². The number of rotatable bonds is 8. The summed E-state index contributed by atoms with van der Waals surface area (Å²) < 4.78 is 11.8. The van der Waals surface area contributed by atoms with E-state index in [1.807, 2.05) is 37.3 Å². The molecule has 0 amide bonds. The van der Waals surface area contributed by atoms with Crippen LogP contribution in [-0.4, -0.2) is 6.61 Å². The molecule has 0 saturated heterocycles. The van der Waals surface area contributed by atoms with E-state index in [4.69, 9.17) is 9.47 Å². The fraction of sp³-hybridized carbons (Fsp3) is 0.217. The zero-order valence-electron chi connectivity index (χ0n) is 15.4. The summed E-state index contributed by atoms with van der Waals surface area (Å²) in [4.78, 5) is 0. The van der Waals surface area contributed by atoms with E-state index in [9.17, 15) is 0 Å². The monoisotopic (exact) mass is 347 g/mol. The lowest BCUT2D eigenvalue weighted by molar-refractivity contribution is 0.269. The molecule has 3 aromatic carbocycles. The zero-order valence-corrected chi connectivity index (χ0v) is 15.4. The van der Waals surface area contributed by atoms with Crippen LogP contribution in [0.15, 0.2) is 72.8 Å². The minimum absolute atomic E-state index is 0.530. The van der Waals surface area contributed by atoms with Crippen molar-refractivity contribution in [1.82, 2.24) is 0 Å². The Hall–Kier alpha value is -2.94. The highest BCUT2D eigenvalue weighted by molar-refractivity contribution is 5.46. The van der Waals surface area contributed by atoms with Crippen molar-refractivity contribution in [3.05, 3.63) is 89.5 Å². The fourth-order valence-corrected chi connectivity index (χ4v) is 2.66. The van der Waals surface area contributed by atoms with Crippen molar-refractivity contribution in [3.8, 4) is 11.5 Å². The molecule has 0 saturated carbocycles. The summed E-state index contributed by atoms with van der Waals surface area (Å²) in [6.07, 6.45) is 0. The van der Waals surface area contributed by atoms with E-state index in [0.29, 0.717) is 13.2 Å². The molecule has 134 valence electrons. The molecule has 0 atom stereocenters. The maximum atomic E-state index is 5.99. The summed E-state index contributed by atoms with van der Waals surface area (Å²) in [7, 11) is 0. The van der Waals surface area contributed by atoms with Gasteiger partial charge in [-0.25, -0.2) is 0 Å². The molecular formula is C23H25NO2. The SMILES string of the molecule is CCOc1cc(CNc2ccccc2)ccc1OCc1ccc(C)cc1. The maximum Gasteiger partial charge on any atom is 0.161 e. The van der Waals surface area contributed by atoms with E-state index in [2.05, 4.69) is 54.7 Å². The quantitative estimate of drug-likeness (QED) is 0.576. The third-order valence-electron chi connectivity index (χ3n) is 4.09. The van der Waals surface area contributed by atoms with Gasteiger partial charge in [-0.3, -0.25) is 0 Å². The highest BCUT2D eigenvalue weighted by Gasteiger charge is 2.07. The summed E-state index contributed by atoms with van der Waals surface area (Å²) >= 11 is 0. The van der Waals surface area contributed by atoms with Gasteiger partial charge >= 0.3 is 0 Å². The number of hydrogen-bond acceptors (Lipinski definition) is 3. The summed E-state index contributed by atoms with van der Waals surface area (Å²) in [5, 5.41) is 3.42. The molecule has 0 radical (unpaired) electrons. The minimum atomic E-state index is 0.530. The van der Waals surface area contributed by atoms with Gasteiger partial charge in [-0.05, 0) is 49.2 Å². The highest BCUT2D eigenvalue weighted by atomic mass is 16.5. The Bertz CT molecular complexity index is 813. The standard InChI is InChI=1S/C23H25NO2/c1-3-25-23-15-20(16-24-21-7-5-4-6-8-21)13-14-22(23)26-17-19-11-9-18(2)10-12-19/h4-15,24H,3,16-17H2,1-2H3. The Morgan fingerprint density at radius 2 is 1.50 bits per heavy atom. The zero-order chi connectivity index (χ0) is 18.2. The first-order valence-electron chi connectivity index (χ1n) is 8.97. The van der Waals surface area contributed by atoms with Crippen LogP contribution < -0.4 is 14.8 Å². The fourth-order valence-electron chi connectivity index (χ4n) is 2.66. The lowest BCUT2D eigenvalue weighted by Crippen LogP contribution is -2.03. The Morgan fingerprint density at radius 1 is 0.769 bits per heavy atom. The van der Waals surface area contributed by atoms with Gasteiger partial charge in [-0.2, -0.15) is 0 Å². The summed E-state index contributed by atoms with van der Waals surface area (Å²) in [6.45, 7) is 5.94. The lowest BCUT2D eigenvalue weighted by atomic mass is 10.1. The molecule has 3 rings (SSSR count). The van der Waals surface area contributed by atoms with Gasteiger partial charge < -0.3 is 14.8 Å². The van der Waals surface area contributed by atoms with Crippen molar-refractivity contribution in [2.75, 3.05) is 11.9 Å². The van der Waals surface area contributed by atoms with Crippen molar-refractivity contribution >= 4 is 5.69 Å². The predicted molar refractivity (Wildman–Crippen MR) is 107 cm³/mol. The van der Waals surface area contributed by atoms with Gasteiger partial charge in [0.2, 0.25) is 0 Å². The number of hydrogen-bond donors (Lipinski definition) is 1. The third-order valence-corrected chi connectivity index (χ3v) is 4.09. The molecule has 3 heteroatoms. The molecular weight excluding hydrogens is 322 g/mol. The second-order valence-electron chi connectivity index (χ2n) is 6.21. The maximum absolute atomic E-state index is 5.99. The number of benzene rings is 3. The van der Waals surface area contributed by atoms with Crippen LogP contribution in [0.3, 0.4) is 0 Å². The molecule has 0 spiro atoms. The van der Waals surface area contributed by atoms with Crippen LogP contribution >= 0.6 is 0 Å². The van der Waals surface area contributed by atoms with E-state index >= 15 is 0 Å². The van der Waals surface area contributed by atoms with Gasteiger partial charge in [-0.15, -0.1) is 0 Å². The first kappa shape index (κ1) is 17.9. The van der Waals surface area contributed by atoms with Crippen molar-refractivity contribution in [3.63, 3.8) is 0 Å². The summed E-state index contributed by atoms with van der Waals surface area (Å²) in [5.41, 5.74) is 4.65. The lowest BCUT2D eigenvalue weighted by Gasteiger charge is -2.14. The molecule has 3 aromatic rings. The van der Waals surface area contributed by atoms with E-state index in [1.165, 1.54) is 5.56 Å². The van der Waals surface area contributed by atoms with Gasteiger partial charge in [0.1, 0.15) is 6.61 Å². The van der Waals surface area contributed by atoms with Gasteiger partial charge in [0.15, 0.2) is 11.5 Å². The van der Waals surface area contributed by atoms with Crippen LogP contribution in [0, 0.1) is 6.92 Å². The van der Waals surface area contributed by atoms with Gasteiger partial charge in [-0.1, -0.05) is 54.1 Å². The van der Waals surface area contributed by atoms with Crippen molar-refractivity contribution in [2.24, 2.45) is 0 Å². The van der Waals surface area contributed by atoms with Crippen molar-refractivity contribution in [2.45, 2.75) is 27.0 Å². The van der Waals surface area contributed by atoms with E-state index in [-0.39, 0.29) is 0 Å². The van der Waals surface area contributed by atoms with Crippen LogP contribution in [-0.2, 0) is 13.2 Å². The first-order valence-corrected chi connectivity index (χ1v) is 8.97. The molecule has 0 aliphatic carbocycles. The minimum Gasteiger partial charge on any atom is -0.490 e. The molecule has 0 heterocycles. The molecule has 0 aromatic heterocycles. The van der Waals surface area contributed by atoms with E-state index in [0.717, 1.165) is 34.9 Å². The molecule has 0 aliphatic rings. The van der Waals surface area contributed by atoms with E-state index < -0.39 is 0 Å². The topological polar surface area (TPSA) is 30.5 Å². The molecule has 1 N–H and O–H groups in total. The van der Waals surface area contributed by atoms with Crippen LogP contribution in [0.2, 0.25) is 0 Å². The van der Waals surface area contributed by atoms with Gasteiger partial charge in [0.05, 0.1) is 6.61 Å². The van der Waals surface area contributed by atoms with Gasteiger partial charge in [0, 0.05) is 12.2 Å². The molecule has 26 heavy (non-hydrogen) atoms. The third kappa shape index (κ3) is 5.03. The second kappa shape index (κ2) is 8.95. The Labute approximate surface area is 155 Å². The van der Waals surface area contributed by atoms with Crippen LogP contribution in [0.25, 0.3) is 0 Å². The van der Waals surface area contributed by atoms with Crippen molar-refractivity contribution < 1.29 is 9.47 Å². The largest absolute Gasteiger partial charge is 0.490 e. The molecule has 0 aliphatic heterocycles. The van der Waals surface area contributed by atoms with Gasteiger partial charge in [0.25, 0.3) is 0 Å². The smallest absolute Gasteiger partial charge is 0.161 e. The average molecular weight is 347 g/mol. The normalized spacial score (nSPS) is 10.4. The number of ether oxygens (including phenoxy) is 2. The molecule has 0 bridgehead atoms.